The van der Waals surface area contributed by atoms with Crippen LogP contribution in [0.25, 0.3) is 0 Å². The van der Waals surface area contributed by atoms with Gasteiger partial charge in [-0.25, -0.2) is 0 Å². The van der Waals surface area contributed by atoms with Crippen molar-refractivity contribution in [2.45, 2.75) is 19.6 Å². The summed E-state index contributed by atoms with van der Waals surface area (Å²) in [4.78, 5) is 13.5. The lowest BCUT2D eigenvalue weighted by molar-refractivity contribution is -0.118. The van der Waals surface area contributed by atoms with Gasteiger partial charge in [0, 0.05) is 12.2 Å². The van der Waals surface area contributed by atoms with Crippen molar-refractivity contribution >= 4 is 11.6 Å². The van der Waals surface area contributed by atoms with Crippen molar-refractivity contribution in [2.75, 3.05) is 18.0 Å². The zero-order valence-corrected chi connectivity index (χ0v) is 9.31. The first-order chi connectivity index (χ1) is 7.68. The Bertz CT molecular complexity index is 390. The van der Waals surface area contributed by atoms with E-state index in [0.29, 0.717) is 19.6 Å². The molecule has 0 spiro atoms. The van der Waals surface area contributed by atoms with Crippen LogP contribution in [-0.4, -0.2) is 30.2 Å². The van der Waals surface area contributed by atoms with Crippen LogP contribution in [0.4, 0.5) is 5.69 Å². The van der Waals surface area contributed by atoms with Gasteiger partial charge in [-0.05, 0) is 18.6 Å². The van der Waals surface area contributed by atoms with E-state index in [4.69, 9.17) is 0 Å². The molecule has 2 N–H and O–H groups in total. The van der Waals surface area contributed by atoms with Crippen molar-refractivity contribution < 1.29 is 9.90 Å². The smallest absolute Gasteiger partial charge is 0.241 e. The van der Waals surface area contributed by atoms with E-state index in [1.54, 1.807) is 11.8 Å². The van der Waals surface area contributed by atoms with Crippen LogP contribution in [0, 0.1) is 0 Å². The van der Waals surface area contributed by atoms with Crippen molar-refractivity contribution in [1.29, 1.82) is 0 Å². The Hall–Kier alpha value is -1.39. The van der Waals surface area contributed by atoms with Crippen LogP contribution in [0.15, 0.2) is 24.3 Å². The van der Waals surface area contributed by atoms with Crippen LogP contribution >= 0.6 is 0 Å². The standard InChI is InChI=1S/C12H16N2O2/c1-9(15)8-14-11-5-3-2-4-10(11)6-13-7-12(14)16/h2-5,9,13,15H,6-8H2,1H3. The number of nitrogens with zero attached hydrogens (tertiary/aromatic N) is 1. The first-order valence-electron chi connectivity index (χ1n) is 5.45. The van der Waals surface area contributed by atoms with Gasteiger partial charge in [0.15, 0.2) is 0 Å². The van der Waals surface area contributed by atoms with Gasteiger partial charge in [-0.2, -0.15) is 0 Å². The summed E-state index contributed by atoms with van der Waals surface area (Å²) in [6.45, 7) is 3.05. The molecular formula is C12H16N2O2. The number of nitrogens with one attached hydrogen (secondary N) is 1. The van der Waals surface area contributed by atoms with Gasteiger partial charge in [0.25, 0.3) is 0 Å². The van der Waals surface area contributed by atoms with E-state index < -0.39 is 6.10 Å². The predicted octanol–water partition coefficient (Wildman–Crippen LogP) is 0.504. The van der Waals surface area contributed by atoms with Crippen LogP contribution < -0.4 is 10.2 Å². The van der Waals surface area contributed by atoms with Crippen molar-refractivity contribution in [3.63, 3.8) is 0 Å². The molecule has 0 saturated heterocycles. The Kier molecular flexibility index (Phi) is 3.22. The summed E-state index contributed by atoms with van der Waals surface area (Å²) in [5.74, 6) is 0.00542. The van der Waals surface area contributed by atoms with E-state index in [-0.39, 0.29) is 5.91 Å². The molecule has 1 aromatic rings. The van der Waals surface area contributed by atoms with Crippen LogP contribution in [0.3, 0.4) is 0 Å². The summed E-state index contributed by atoms with van der Waals surface area (Å²) in [6.07, 6.45) is -0.518. The molecule has 0 radical (unpaired) electrons. The summed E-state index contributed by atoms with van der Waals surface area (Å²) in [5.41, 5.74) is 1.99. The Morgan fingerprint density at radius 1 is 1.44 bits per heavy atom. The summed E-state index contributed by atoms with van der Waals surface area (Å²) in [6, 6.07) is 7.78. The molecule has 1 amide bonds. The molecule has 0 saturated carbocycles. The largest absolute Gasteiger partial charge is 0.392 e. The number of hydrogen-bond acceptors (Lipinski definition) is 3. The number of aliphatic hydroxyl groups excluding tert-OH is 1. The molecule has 1 aromatic carbocycles. The highest BCUT2D eigenvalue weighted by molar-refractivity contribution is 5.96. The second-order valence-electron chi connectivity index (χ2n) is 4.09. The average Bonchev–Trinajstić information content (AvgIpc) is 2.40. The van der Waals surface area contributed by atoms with Crippen molar-refractivity contribution in [3.05, 3.63) is 29.8 Å². The van der Waals surface area contributed by atoms with Gasteiger partial charge in [-0.3, -0.25) is 4.79 Å². The third-order valence-corrected chi connectivity index (χ3v) is 2.62. The Labute approximate surface area is 94.9 Å². The normalized spacial score (nSPS) is 17.9. The maximum Gasteiger partial charge on any atom is 0.241 e. The minimum atomic E-state index is -0.518. The van der Waals surface area contributed by atoms with E-state index in [1.165, 1.54) is 0 Å². The average molecular weight is 220 g/mol. The summed E-state index contributed by atoms with van der Waals surface area (Å²) < 4.78 is 0. The van der Waals surface area contributed by atoms with Crippen molar-refractivity contribution in [2.24, 2.45) is 0 Å². The van der Waals surface area contributed by atoms with Gasteiger partial charge in [0.1, 0.15) is 0 Å². The van der Waals surface area contributed by atoms with Crippen molar-refractivity contribution in [3.8, 4) is 0 Å². The Morgan fingerprint density at radius 2 is 2.19 bits per heavy atom. The van der Waals surface area contributed by atoms with E-state index in [1.807, 2.05) is 24.3 Å². The number of hydrogen-bond donors (Lipinski definition) is 2. The molecule has 0 aliphatic carbocycles. The molecule has 1 heterocycles. The Morgan fingerprint density at radius 3 is 2.94 bits per heavy atom. The fourth-order valence-electron chi connectivity index (χ4n) is 1.92. The molecular weight excluding hydrogens is 204 g/mol. The second-order valence-corrected chi connectivity index (χ2v) is 4.09. The maximum absolute atomic E-state index is 11.9. The molecule has 1 aliphatic heterocycles. The summed E-state index contributed by atoms with van der Waals surface area (Å²) in [5, 5.41) is 12.5. The lowest BCUT2D eigenvalue weighted by atomic mass is 10.1. The predicted molar refractivity (Wildman–Crippen MR) is 62.2 cm³/mol. The highest BCUT2D eigenvalue weighted by Crippen LogP contribution is 2.22. The van der Waals surface area contributed by atoms with Gasteiger partial charge in [-0.15, -0.1) is 0 Å². The van der Waals surface area contributed by atoms with Gasteiger partial charge in [0.2, 0.25) is 5.91 Å². The molecule has 1 unspecified atom stereocenters. The highest BCUT2D eigenvalue weighted by Gasteiger charge is 2.22. The monoisotopic (exact) mass is 220 g/mol. The molecule has 2 rings (SSSR count). The quantitative estimate of drug-likeness (QED) is 0.763. The van der Waals surface area contributed by atoms with E-state index in [0.717, 1.165) is 11.3 Å². The van der Waals surface area contributed by atoms with E-state index in [9.17, 15) is 9.90 Å². The lowest BCUT2D eigenvalue weighted by Crippen LogP contribution is -2.39. The fraction of sp³-hybridized carbons (Fsp3) is 0.417. The van der Waals surface area contributed by atoms with Gasteiger partial charge in [0.05, 0.1) is 19.2 Å². The van der Waals surface area contributed by atoms with Crippen LogP contribution in [0.2, 0.25) is 0 Å². The van der Waals surface area contributed by atoms with Crippen LogP contribution in [0.1, 0.15) is 12.5 Å². The SMILES string of the molecule is CC(O)CN1C(=O)CNCc2ccccc21. The molecule has 1 atom stereocenters. The molecule has 1 aliphatic rings. The first-order valence-corrected chi connectivity index (χ1v) is 5.45. The lowest BCUT2D eigenvalue weighted by Gasteiger charge is -2.23. The fourth-order valence-corrected chi connectivity index (χ4v) is 1.92. The third-order valence-electron chi connectivity index (χ3n) is 2.62. The number of fused-ring (bicyclic) bond motifs is 1. The number of benzene rings is 1. The molecule has 4 nitrogen and oxygen atoms in total. The molecule has 0 bridgehead atoms. The summed E-state index contributed by atoms with van der Waals surface area (Å²) in [7, 11) is 0. The van der Waals surface area contributed by atoms with Crippen LogP contribution in [0.5, 0.6) is 0 Å². The topological polar surface area (TPSA) is 52.6 Å². The summed E-state index contributed by atoms with van der Waals surface area (Å²) >= 11 is 0. The molecule has 0 fully saturated rings. The zero-order valence-electron chi connectivity index (χ0n) is 9.31. The number of carbonyl (C=O) groups is 1. The van der Waals surface area contributed by atoms with E-state index >= 15 is 0 Å². The molecule has 0 aromatic heterocycles. The number of anilines is 1. The second kappa shape index (κ2) is 4.63. The Balaban J connectivity index is 2.36. The first kappa shape index (κ1) is 11.1. The minimum absolute atomic E-state index is 0.00542. The van der Waals surface area contributed by atoms with Gasteiger partial charge < -0.3 is 15.3 Å². The third kappa shape index (κ3) is 2.23. The number of aliphatic hydroxyl groups is 1. The number of para-hydroxylation sites is 1. The van der Waals surface area contributed by atoms with Crippen LogP contribution in [-0.2, 0) is 11.3 Å². The zero-order chi connectivity index (χ0) is 11.5. The number of carbonyl (C=O) groups excluding carboxylic acids is 1. The molecule has 86 valence electrons. The van der Waals surface area contributed by atoms with Crippen molar-refractivity contribution in [1.82, 2.24) is 5.32 Å². The minimum Gasteiger partial charge on any atom is -0.392 e. The van der Waals surface area contributed by atoms with Gasteiger partial charge >= 0.3 is 0 Å². The number of β-amino-alcohol motifs (C(OH)–C–C–N with tert-alkyl or cyclic N) is 1. The molecule has 16 heavy (non-hydrogen) atoms. The molecule has 4 heteroatoms. The number of amides is 1. The maximum atomic E-state index is 11.9. The highest BCUT2D eigenvalue weighted by atomic mass is 16.3. The number of rotatable bonds is 2. The van der Waals surface area contributed by atoms with Gasteiger partial charge in [-0.1, -0.05) is 18.2 Å². The van der Waals surface area contributed by atoms with E-state index in [2.05, 4.69) is 5.32 Å².